The lowest BCUT2D eigenvalue weighted by molar-refractivity contribution is -0.168. The Morgan fingerprint density at radius 2 is 2.11 bits per heavy atom. The summed E-state index contributed by atoms with van der Waals surface area (Å²) in [6, 6.07) is 11.8. The van der Waals surface area contributed by atoms with Crippen molar-refractivity contribution in [1.82, 2.24) is 9.80 Å². The molecule has 148 valence electrons. The zero-order valence-electron chi connectivity index (χ0n) is 15.5. The minimum atomic E-state index is -1.35. The maximum atomic E-state index is 12.9. The summed E-state index contributed by atoms with van der Waals surface area (Å²) in [7, 11) is 0. The van der Waals surface area contributed by atoms with Crippen LogP contribution in [0.2, 0.25) is 0 Å². The number of nitrogens with zero attached hydrogens (tertiary/aromatic N) is 2. The number of benzene rings is 1. The molecule has 2 amide bonds. The Bertz CT molecular complexity index is 860. The van der Waals surface area contributed by atoms with Crippen molar-refractivity contribution in [3.05, 3.63) is 60.1 Å². The molecule has 3 heterocycles. The fourth-order valence-electron chi connectivity index (χ4n) is 3.87. The molecule has 1 aromatic heterocycles. The van der Waals surface area contributed by atoms with Crippen molar-refractivity contribution >= 4 is 23.6 Å². The van der Waals surface area contributed by atoms with Crippen molar-refractivity contribution in [3.8, 4) is 0 Å². The standard InChI is InChI=1S/C20H23N3O4S/c1-20-17(19(26)23(20)11-14-8-5-9-27-14)22(12-28-20)18(25)16(24)15(21)10-13-6-3-2-4-7-13/h2-9,15-17,24H,10-12,21H2,1H3/t15-,16-,17+,20?/m0/s1. The average Bonchev–Trinajstić information content (AvgIpc) is 3.32. The quantitative estimate of drug-likeness (QED) is 0.705. The Labute approximate surface area is 167 Å². The van der Waals surface area contributed by atoms with E-state index >= 15 is 0 Å². The van der Waals surface area contributed by atoms with E-state index in [4.69, 9.17) is 10.2 Å². The SMILES string of the molecule is CC12SCN(C(=O)[C@@H](O)[C@@H](N)Cc3ccccc3)[C@@H]1C(=O)N2Cc1ccco1. The number of β-lactam (4-membered cyclic amide) rings is 1. The van der Waals surface area contributed by atoms with Crippen LogP contribution in [0.25, 0.3) is 0 Å². The smallest absolute Gasteiger partial charge is 0.254 e. The van der Waals surface area contributed by atoms with Crippen LogP contribution in [0.15, 0.2) is 53.1 Å². The van der Waals surface area contributed by atoms with Crippen LogP contribution in [0.5, 0.6) is 0 Å². The number of carbonyl (C=O) groups is 2. The van der Waals surface area contributed by atoms with E-state index in [0.717, 1.165) is 5.56 Å². The molecule has 2 aliphatic rings. The number of hydrogen-bond donors (Lipinski definition) is 2. The largest absolute Gasteiger partial charge is 0.467 e. The van der Waals surface area contributed by atoms with E-state index < -0.39 is 29.0 Å². The molecule has 2 aliphatic heterocycles. The number of aliphatic hydroxyl groups excluding tert-OH is 1. The molecule has 0 bridgehead atoms. The summed E-state index contributed by atoms with van der Waals surface area (Å²) in [6.07, 6.45) is 0.603. The number of carbonyl (C=O) groups excluding carboxylic acids is 2. The highest BCUT2D eigenvalue weighted by molar-refractivity contribution is 8.01. The van der Waals surface area contributed by atoms with Gasteiger partial charge in [0.25, 0.3) is 5.91 Å². The number of thioether (sulfide) groups is 1. The van der Waals surface area contributed by atoms with Crippen molar-refractivity contribution in [1.29, 1.82) is 0 Å². The first-order valence-corrected chi connectivity index (χ1v) is 10.2. The highest BCUT2D eigenvalue weighted by Gasteiger charge is 2.65. The monoisotopic (exact) mass is 401 g/mol. The van der Waals surface area contributed by atoms with Crippen LogP contribution in [-0.2, 0) is 22.6 Å². The van der Waals surface area contributed by atoms with E-state index in [1.54, 1.807) is 17.2 Å². The zero-order chi connectivity index (χ0) is 19.9. The molecule has 2 saturated heterocycles. The van der Waals surface area contributed by atoms with Crippen LogP contribution >= 0.6 is 11.8 Å². The molecule has 7 nitrogen and oxygen atoms in total. The van der Waals surface area contributed by atoms with Crippen LogP contribution in [0.4, 0.5) is 0 Å². The molecular weight excluding hydrogens is 378 g/mol. The van der Waals surface area contributed by atoms with Gasteiger partial charge in [-0.1, -0.05) is 30.3 Å². The van der Waals surface area contributed by atoms with Gasteiger partial charge in [0.2, 0.25) is 5.91 Å². The summed E-state index contributed by atoms with van der Waals surface area (Å²) in [6.45, 7) is 2.31. The van der Waals surface area contributed by atoms with Gasteiger partial charge in [0.1, 0.15) is 22.8 Å². The highest BCUT2D eigenvalue weighted by Crippen LogP contribution is 2.51. The van der Waals surface area contributed by atoms with Crippen LogP contribution in [0, 0.1) is 0 Å². The van der Waals surface area contributed by atoms with Crippen molar-refractivity contribution in [2.45, 2.75) is 42.9 Å². The van der Waals surface area contributed by atoms with Crippen LogP contribution in [0.1, 0.15) is 18.2 Å². The van der Waals surface area contributed by atoms with E-state index in [9.17, 15) is 14.7 Å². The van der Waals surface area contributed by atoms with E-state index in [1.165, 1.54) is 16.7 Å². The first kappa shape index (κ1) is 19.0. The lowest BCUT2D eigenvalue weighted by Crippen LogP contribution is -2.73. The van der Waals surface area contributed by atoms with E-state index in [0.29, 0.717) is 24.6 Å². The van der Waals surface area contributed by atoms with Gasteiger partial charge < -0.3 is 25.1 Å². The molecule has 4 atom stereocenters. The minimum absolute atomic E-state index is 0.138. The van der Waals surface area contributed by atoms with Crippen LogP contribution < -0.4 is 5.73 Å². The fraction of sp³-hybridized carbons (Fsp3) is 0.400. The normalized spacial score (nSPS) is 26.0. The lowest BCUT2D eigenvalue weighted by atomic mass is 9.93. The third-order valence-corrected chi connectivity index (χ3v) is 6.94. The van der Waals surface area contributed by atoms with Gasteiger partial charge in [0.05, 0.1) is 18.7 Å². The Kier molecular flexibility index (Phi) is 4.95. The van der Waals surface area contributed by atoms with E-state index in [-0.39, 0.29) is 5.91 Å². The molecule has 1 unspecified atom stereocenters. The summed E-state index contributed by atoms with van der Waals surface area (Å²) >= 11 is 1.51. The number of nitrogens with two attached hydrogens (primary N) is 1. The van der Waals surface area contributed by atoms with Crippen LogP contribution in [0.3, 0.4) is 0 Å². The predicted molar refractivity (Wildman–Crippen MR) is 105 cm³/mol. The lowest BCUT2D eigenvalue weighted by Gasteiger charge is -2.52. The number of fused-ring (bicyclic) bond motifs is 1. The van der Waals surface area contributed by atoms with Gasteiger partial charge in [-0.05, 0) is 31.0 Å². The topological polar surface area (TPSA) is 100 Å². The Morgan fingerprint density at radius 1 is 1.36 bits per heavy atom. The first-order chi connectivity index (χ1) is 13.4. The second-order valence-corrected chi connectivity index (χ2v) is 8.71. The van der Waals surface area contributed by atoms with Crippen LogP contribution in [-0.4, -0.2) is 55.7 Å². The predicted octanol–water partition coefficient (Wildman–Crippen LogP) is 1.17. The van der Waals surface area contributed by atoms with Crippen molar-refractivity contribution < 1.29 is 19.1 Å². The molecule has 0 aliphatic carbocycles. The van der Waals surface area contributed by atoms with Crippen molar-refractivity contribution in [2.75, 3.05) is 5.88 Å². The molecule has 8 heteroatoms. The van der Waals surface area contributed by atoms with E-state index in [2.05, 4.69) is 0 Å². The summed E-state index contributed by atoms with van der Waals surface area (Å²) < 4.78 is 5.34. The number of likely N-dealkylation sites (tertiary alicyclic amines) is 1. The minimum Gasteiger partial charge on any atom is -0.467 e. The van der Waals surface area contributed by atoms with Gasteiger partial charge in [-0.25, -0.2) is 0 Å². The fourth-order valence-corrected chi connectivity index (χ4v) is 5.24. The molecule has 0 spiro atoms. The Balaban J connectivity index is 1.42. The highest BCUT2D eigenvalue weighted by atomic mass is 32.2. The van der Waals surface area contributed by atoms with Gasteiger partial charge in [-0.3, -0.25) is 9.59 Å². The molecule has 2 aromatic rings. The average molecular weight is 401 g/mol. The van der Waals surface area contributed by atoms with Gasteiger partial charge in [0, 0.05) is 6.04 Å². The number of aliphatic hydroxyl groups is 1. The summed E-state index contributed by atoms with van der Waals surface area (Å²) in [5.41, 5.74) is 7.04. The van der Waals surface area contributed by atoms with Gasteiger partial charge in [0.15, 0.2) is 0 Å². The second-order valence-electron chi connectivity index (χ2n) is 7.34. The van der Waals surface area contributed by atoms with Gasteiger partial charge in [-0.15, -0.1) is 11.8 Å². The summed E-state index contributed by atoms with van der Waals surface area (Å²) in [4.78, 5) is 28.3. The van der Waals surface area contributed by atoms with Crippen molar-refractivity contribution in [2.24, 2.45) is 5.73 Å². The molecule has 28 heavy (non-hydrogen) atoms. The van der Waals surface area contributed by atoms with Gasteiger partial charge >= 0.3 is 0 Å². The molecule has 1 aromatic carbocycles. The first-order valence-electron chi connectivity index (χ1n) is 9.17. The Morgan fingerprint density at radius 3 is 2.79 bits per heavy atom. The molecular formula is C20H23N3O4S. The molecule has 0 radical (unpaired) electrons. The maximum absolute atomic E-state index is 12.9. The third-order valence-electron chi connectivity index (χ3n) is 5.50. The van der Waals surface area contributed by atoms with E-state index in [1.807, 2.05) is 43.3 Å². The number of furan rings is 1. The number of rotatable bonds is 6. The van der Waals surface area contributed by atoms with Gasteiger partial charge in [-0.2, -0.15) is 0 Å². The number of amides is 2. The zero-order valence-corrected chi connectivity index (χ0v) is 16.3. The van der Waals surface area contributed by atoms with Crippen molar-refractivity contribution in [3.63, 3.8) is 0 Å². The molecule has 4 rings (SSSR count). The molecule has 2 fully saturated rings. The summed E-state index contributed by atoms with van der Waals surface area (Å²) in [5.74, 6) is 0.412. The number of hydrogen-bond acceptors (Lipinski definition) is 6. The Hall–Kier alpha value is -2.29. The molecule has 0 saturated carbocycles. The summed E-state index contributed by atoms with van der Waals surface area (Å²) in [5, 5.41) is 10.5. The maximum Gasteiger partial charge on any atom is 0.254 e. The molecule has 3 N–H and O–H groups in total. The third kappa shape index (κ3) is 3.11. The second kappa shape index (κ2) is 7.27.